The van der Waals surface area contributed by atoms with Gasteiger partial charge in [0.05, 0.1) is 0 Å². The van der Waals surface area contributed by atoms with E-state index < -0.39 is 0 Å². The van der Waals surface area contributed by atoms with E-state index in [0.717, 1.165) is 11.5 Å². The first kappa shape index (κ1) is 13.8. The zero-order valence-corrected chi connectivity index (χ0v) is 12.8. The van der Waals surface area contributed by atoms with E-state index in [9.17, 15) is 0 Å². The van der Waals surface area contributed by atoms with Gasteiger partial charge in [0.15, 0.2) is 5.82 Å². The molecule has 2 aromatic rings. The Morgan fingerprint density at radius 2 is 1.76 bits per heavy atom. The Morgan fingerprint density at radius 3 is 2.29 bits per heavy atom. The molecule has 0 saturated heterocycles. The van der Waals surface area contributed by atoms with Crippen LogP contribution in [0.4, 0.5) is 11.9 Å². The first-order chi connectivity index (χ1) is 10.2. The van der Waals surface area contributed by atoms with Crippen molar-refractivity contribution in [2.24, 2.45) is 0 Å². The molecule has 0 spiro atoms. The lowest BCUT2D eigenvalue weighted by Gasteiger charge is -2.25. The van der Waals surface area contributed by atoms with E-state index in [1.807, 2.05) is 26.0 Å². The quantitative estimate of drug-likeness (QED) is 0.935. The van der Waals surface area contributed by atoms with Crippen LogP contribution in [-0.4, -0.2) is 36.1 Å². The molecule has 1 saturated carbocycles. The average Bonchev–Trinajstić information content (AvgIpc) is 2.45. The Bertz CT molecular complexity index is 617. The van der Waals surface area contributed by atoms with Crippen LogP contribution in [0, 0.1) is 0 Å². The highest BCUT2D eigenvalue weighted by molar-refractivity contribution is 5.58. The zero-order valence-electron chi connectivity index (χ0n) is 12.8. The molecule has 0 atom stereocenters. The Labute approximate surface area is 125 Å². The highest BCUT2D eigenvalue weighted by Gasteiger charge is 2.19. The molecule has 21 heavy (non-hydrogen) atoms. The van der Waals surface area contributed by atoms with Gasteiger partial charge in [-0.3, -0.25) is 0 Å². The van der Waals surface area contributed by atoms with E-state index in [-0.39, 0.29) is 0 Å². The fraction of sp³-hybridized carbons (Fsp3) is 0.438. The van der Waals surface area contributed by atoms with Gasteiger partial charge in [-0.1, -0.05) is 30.7 Å². The second-order valence-corrected chi connectivity index (χ2v) is 5.68. The van der Waals surface area contributed by atoms with Crippen LogP contribution in [0.15, 0.2) is 24.3 Å². The summed E-state index contributed by atoms with van der Waals surface area (Å²) in [5.74, 6) is 2.71. The van der Waals surface area contributed by atoms with Crippen molar-refractivity contribution >= 4 is 11.9 Å². The summed E-state index contributed by atoms with van der Waals surface area (Å²) in [4.78, 5) is 15.2. The van der Waals surface area contributed by atoms with Gasteiger partial charge >= 0.3 is 0 Å². The first-order valence-corrected chi connectivity index (χ1v) is 7.39. The molecule has 0 unspecified atom stereocenters. The van der Waals surface area contributed by atoms with Gasteiger partial charge in [-0.05, 0) is 24.3 Å². The molecule has 1 aliphatic carbocycles. The van der Waals surface area contributed by atoms with E-state index in [4.69, 9.17) is 0 Å². The zero-order chi connectivity index (χ0) is 14.8. The second kappa shape index (κ2) is 5.68. The summed E-state index contributed by atoms with van der Waals surface area (Å²) in [6.45, 7) is 0. The van der Waals surface area contributed by atoms with Crippen LogP contribution in [0.3, 0.4) is 0 Å². The minimum Gasteiger partial charge on any atom is -0.357 e. The molecule has 0 amide bonds. The van der Waals surface area contributed by atoms with Crippen molar-refractivity contribution in [2.75, 3.05) is 31.4 Å². The van der Waals surface area contributed by atoms with Crippen molar-refractivity contribution in [3.8, 4) is 11.4 Å². The first-order valence-electron chi connectivity index (χ1n) is 7.39. The number of rotatable bonds is 4. The molecule has 1 aromatic carbocycles. The van der Waals surface area contributed by atoms with E-state index in [0.29, 0.717) is 17.7 Å². The third-order valence-electron chi connectivity index (χ3n) is 3.99. The van der Waals surface area contributed by atoms with Gasteiger partial charge in [0.2, 0.25) is 11.9 Å². The molecular formula is C16H21N5. The third-order valence-corrected chi connectivity index (χ3v) is 3.99. The van der Waals surface area contributed by atoms with Crippen molar-refractivity contribution in [1.29, 1.82) is 0 Å². The van der Waals surface area contributed by atoms with Crippen LogP contribution in [0.2, 0.25) is 0 Å². The Kier molecular flexibility index (Phi) is 3.73. The predicted molar refractivity (Wildman–Crippen MR) is 85.7 cm³/mol. The molecule has 1 heterocycles. The fourth-order valence-corrected chi connectivity index (χ4v) is 2.45. The van der Waals surface area contributed by atoms with Gasteiger partial charge in [-0.25, -0.2) is 0 Å². The van der Waals surface area contributed by atoms with Crippen LogP contribution in [-0.2, 0) is 0 Å². The van der Waals surface area contributed by atoms with Gasteiger partial charge in [-0.15, -0.1) is 0 Å². The van der Waals surface area contributed by atoms with Crippen molar-refractivity contribution in [3.05, 3.63) is 29.8 Å². The Morgan fingerprint density at radius 1 is 1.05 bits per heavy atom. The number of nitrogens with one attached hydrogen (secondary N) is 1. The number of hydrogen-bond donors (Lipinski definition) is 1. The average molecular weight is 283 g/mol. The fourth-order valence-electron chi connectivity index (χ4n) is 2.45. The molecule has 0 bridgehead atoms. The molecule has 110 valence electrons. The maximum Gasteiger partial charge on any atom is 0.230 e. The van der Waals surface area contributed by atoms with Crippen molar-refractivity contribution in [3.63, 3.8) is 0 Å². The van der Waals surface area contributed by atoms with Crippen LogP contribution in [0.25, 0.3) is 11.4 Å². The number of anilines is 2. The van der Waals surface area contributed by atoms with E-state index >= 15 is 0 Å². The lowest BCUT2D eigenvalue weighted by molar-refractivity contribution is 0.420. The summed E-state index contributed by atoms with van der Waals surface area (Å²) in [7, 11) is 5.68. The van der Waals surface area contributed by atoms with Crippen molar-refractivity contribution in [2.45, 2.75) is 25.2 Å². The predicted octanol–water partition coefficient (Wildman–Crippen LogP) is 2.91. The molecule has 1 aromatic heterocycles. The van der Waals surface area contributed by atoms with Gasteiger partial charge in [0.25, 0.3) is 0 Å². The van der Waals surface area contributed by atoms with Crippen LogP contribution >= 0.6 is 0 Å². The summed E-state index contributed by atoms with van der Waals surface area (Å²) in [6, 6.07) is 8.64. The number of nitrogens with zero attached hydrogens (tertiary/aromatic N) is 4. The van der Waals surface area contributed by atoms with Gasteiger partial charge in [0.1, 0.15) is 0 Å². The maximum atomic E-state index is 4.52. The normalized spacial score (nSPS) is 14.6. The minimum absolute atomic E-state index is 0.590. The summed E-state index contributed by atoms with van der Waals surface area (Å²) in [5.41, 5.74) is 2.46. The van der Waals surface area contributed by atoms with E-state index in [1.54, 1.807) is 0 Å². The number of hydrogen-bond acceptors (Lipinski definition) is 5. The standard InChI is InChI=1S/C16H21N5/c1-17-15-18-14(19-16(20-15)21(2)3)13-9-7-12(8-10-13)11-5-4-6-11/h7-11H,4-6H2,1-3H3,(H,17,18,19,20). The summed E-state index contributed by atoms with van der Waals surface area (Å²) >= 11 is 0. The monoisotopic (exact) mass is 283 g/mol. The molecule has 0 radical (unpaired) electrons. The highest BCUT2D eigenvalue weighted by Crippen LogP contribution is 2.36. The van der Waals surface area contributed by atoms with Crippen LogP contribution in [0.5, 0.6) is 0 Å². The Hall–Kier alpha value is -2.17. The Balaban J connectivity index is 1.93. The molecule has 3 rings (SSSR count). The van der Waals surface area contributed by atoms with Gasteiger partial charge in [-0.2, -0.15) is 15.0 Å². The smallest absolute Gasteiger partial charge is 0.230 e. The van der Waals surface area contributed by atoms with E-state index in [1.165, 1.54) is 24.8 Å². The highest BCUT2D eigenvalue weighted by atomic mass is 15.3. The van der Waals surface area contributed by atoms with Crippen LogP contribution in [0.1, 0.15) is 30.7 Å². The summed E-state index contributed by atoms with van der Waals surface area (Å²) in [6.07, 6.45) is 4.00. The summed E-state index contributed by atoms with van der Waals surface area (Å²) in [5, 5.41) is 2.99. The van der Waals surface area contributed by atoms with Crippen molar-refractivity contribution < 1.29 is 0 Å². The van der Waals surface area contributed by atoms with Gasteiger partial charge in [0, 0.05) is 26.7 Å². The molecule has 1 aliphatic rings. The lowest BCUT2D eigenvalue weighted by Crippen LogP contribution is -2.15. The third kappa shape index (κ3) is 2.82. The molecule has 0 aliphatic heterocycles. The van der Waals surface area contributed by atoms with Gasteiger partial charge < -0.3 is 10.2 Å². The molecule has 5 nitrogen and oxygen atoms in total. The second-order valence-electron chi connectivity index (χ2n) is 5.68. The molecule has 5 heteroatoms. The minimum atomic E-state index is 0.590. The molecule has 1 fully saturated rings. The van der Waals surface area contributed by atoms with Crippen molar-refractivity contribution in [1.82, 2.24) is 15.0 Å². The number of aromatic nitrogens is 3. The largest absolute Gasteiger partial charge is 0.357 e. The summed E-state index contributed by atoms with van der Waals surface area (Å²) < 4.78 is 0. The SMILES string of the molecule is CNc1nc(-c2ccc(C3CCC3)cc2)nc(N(C)C)n1. The molecule has 1 N–H and O–H groups in total. The molecular weight excluding hydrogens is 262 g/mol. The lowest BCUT2D eigenvalue weighted by atomic mass is 9.80. The topological polar surface area (TPSA) is 53.9 Å². The van der Waals surface area contributed by atoms with E-state index in [2.05, 4.69) is 44.5 Å². The maximum absolute atomic E-state index is 4.52. The van der Waals surface area contributed by atoms with Crippen LogP contribution < -0.4 is 10.2 Å². The number of benzene rings is 1.